The van der Waals surface area contributed by atoms with E-state index in [9.17, 15) is 9.59 Å². The van der Waals surface area contributed by atoms with Gasteiger partial charge in [0.1, 0.15) is 0 Å². The second kappa shape index (κ2) is 7.97. The Hall–Kier alpha value is -2.93. The molecule has 7 nitrogen and oxygen atoms in total. The van der Waals surface area contributed by atoms with Crippen molar-refractivity contribution in [2.75, 3.05) is 30.9 Å². The lowest BCUT2D eigenvalue weighted by molar-refractivity contribution is -0.119. The van der Waals surface area contributed by atoms with Gasteiger partial charge in [-0.15, -0.1) is 0 Å². The first-order valence-corrected chi connectivity index (χ1v) is 8.32. The Morgan fingerprint density at radius 2 is 1.88 bits per heavy atom. The maximum Gasteiger partial charge on any atom is 0.340 e. The first-order valence-electron chi connectivity index (χ1n) is 7.94. The number of benzene rings is 2. The monoisotopic (exact) mass is 376 g/mol. The Labute approximate surface area is 155 Å². The standard InChI is InChI=1S/C18H17ClN2O5/c19-11-2-4-13(14(20)8-11)18(23)26-10-17(22)21-12-3-5-15-16(9-12)25-7-1-6-24-15/h2-5,8-9H,1,6-7,10,20H2,(H,21,22). The quantitative estimate of drug-likeness (QED) is 0.628. The molecule has 1 aliphatic heterocycles. The fourth-order valence-electron chi connectivity index (χ4n) is 2.37. The molecule has 136 valence electrons. The number of nitrogens with two attached hydrogens (primary N) is 1. The van der Waals surface area contributed by atoms with Gasteiger partial charge in [0.15, 0.2) is 18.1 Å². The predicted octanol–water partition coefficient (Wildman–Crippen LogP) is 2.88. The highest BCUT2D eigenvalue weighted by atomic mass is 35.5. The average Bonchev–Trinajstić information content (AvgIpc) is 2.84. The maximum atomic E-state index is 12.0. The number of ether oxygens (including phenoxy) is 3. The lowest BCUT2D eigenvalue weighted by atomic mass is 10.2. The second-order valence-corrected chi connectivity index (χ2v) is 6.00. The highest BCUT2D eigenvalue weighted by Gasteiger charge is 2.15. The first-order chi connectivity index (χ1) is 12.5. The van der Waals surface area contributed by atoms with Crippen molar-refractivity contribution in [3.8, 4) is 11.5 Å². The van der Waals surface area contributed by atoms with Crippen LogP contribution < -0.4 is 20.5 Å². The number of amides is 1. The molecule has 1 amide bonds. The minimum absolute atomic E-state index is 0.151. The van der Waals surface area contributed by atoms with Crippen LogP contribution in [-0.2, 0) is 9.53 Å². The zero-order valence-corrected chi connectivity index (χ0v) is 14.5. The minimum atomic E-state index is -0.701. The Morgan fingerprint density at radius 3 is 2.65 bits per heavy atom. The molecule has 0 bridgehead atoms. The molecule has 0 fully saturated rings. The largest absolute Gasteiger partial charge is 0.490 e. The van der Waals surface area contributed by atoms with Crippen LogP contribution in [0.1, 0.15) is 16.8 Å². The Morgan fingerprint density at radius 1 is 1.12 bits per heavy atom. The third kappa shape index (κ3) is 4.37. The molecule has 0 saturated carbocycles. The van der Waals surface area contributed by atoms with E-state index in [1.807, 2.05) is 0 Å². The summed E-state index contributed by atoms with van der Waals surface area (Å²) in [5.41, 5.74) is 6.57. The number of nitrogen functional groups attached to an aromatic ring is 1. The fraction of sp³-hybridized carbons (Fsp3) is 0.222. The molecule has 0 aromatic heterocycles. The van der Waals surface area contributed by atoms with Crippen molar-refractivity contribution in [2.24, 2.45) is 0 Å². The number of anilines is 2. The first kappa shape index (κ1) is 17.9. The fourth-order valence-corrected chi connectivity index (χ4v) is 2.55. The molecule has 26 heavy (non-hydrogen) atoms. The lowest BCUT2D eigenvalue weighted by Crippen LogP contribution is -2.21. The summed E-state index contributed by atoms with van der Waals surface area (Å²) in [5, 5.41) is 3.05. The van der Waals surface area contributed by atoms with Crippen LogP contribution in [0, 0.1) is 0 Å². The molecular formula is C18H17ClN2O5. The summed E-state index contributed by atoms with van der Waals surface area (Å²) in [6.45, 7) is 0.683. The smallest absolute Gasteiger partial charge is 0.340 e. The van der Waals surface area contributed by atoms with Gasteiger partial charge >= 0.3 is 5.97 Å². The Kier molecular flexibility index (Phi) is 5.48. The SMILES string of the molecule is Nc1cc(Cl)ccc1C(=O)OCC(=O)Nc1ccc2c(c1)OCCCO2. The molecule has 8 heteroatoms. The summed E-state index contributed by atoms with van der Waals surface area (Å²) in [6.07, 6.45) is 0.792. The zero-order valence-electron chi connectivity index (χ0n) is 13.8. The van der Waals surface area contributed by atoms with E-state index in [2.05, 4.69) is 5.32 Å². The lowest BCUT2D eigenvalue weighted by Gasteiger charge is -2.11. The Bertz CT molecular complexity index is 840. The van der Waals surface area contributed by atoms with E-state index >= 15 is 0 Å². The number of carbonyl (C=O) groups is 2. The number of hydrogen-bond donors (Lipinski definition) is 2. The van der Waals surface area contributed by atoms with E-state index in [1.165, 1.54) is 18.2 Å². The summed E-state index contributed by atoms with van der Waals surface area (Å²) < 4.78 is 16.1. The highest BCUT2D eigenvalue weighted by molar-refractivity contribution is 6.31. The van der Waals surface area contributed by atoms with Crippen LogP contribution in [0.25, 0.3) is 0 Å². The number of esters is 1. The van der Waals surface area contributed by atoms with Gasteiger partial charge in [-0.05, 0) is 30.3 Å². The van der Waals surface area contributed by atoms with Crippen LogP contribution in [0.2, 0.25) is 5.02 Å². The summed E-state index contributed by atoms with van der Waals surface area (Å²) in [5.74, 6) is 0.00438. The van der Waals surface area contributed by atoms with Crippen molar-refractivity contribution >= 4 is 34.9 Å². The van der Waals surface area contributed by atoms with Crippen LogP contribution in [0.4, 0.5) is 11.4 Å². The maximum absolute atomic E-state index is 12.0. The molecule has 1 heterocycles. The molecule has 2 aromatic rings. The van der Waals surface area contributed by atoms with Gasteiger partial charge in [-0.2, -0.15) is 0 Å². The van der Waals surface area contributed by atoms with Gasteiger partial charge in [-0.1, -0.05) is 11.6 Å². The molecule has 0 atom stereocenters. The molecular weight excluding hydrogens is 360 g/mol. The molecule has 0 unspecified atom stereocenters. The topological polar surface area (TPSA) is 99.9 Å². The van der Waals surface area contributed by atoms with Crippen LogP contribution in [0.15, 0.2) is 36.4 Å². The van der Waals surface area contributed by atoms with Crippen molar-refractivity contribution in [3.05, 3.63) is 47.0 Å². The van der Waals surface area contributed by atoms with Gasteiger partial charge < -0.3 is 25.3 Å². The normalized spacial score (nSPS) is 12.8. The van der Waals surface area contributed by atoms with Crippen LogP contribution in [0.3, 0.4) is 0 Å². The van der Waals surface area contributed by atoms with Crippen molar-refractivity contribution < 1.29 is 23.8 Å². The van der Waals surface area contributed by atoms with Gasteiger partial charge in [-0.25, -0.2) is 4.79 Å². The average molecular weight is 377 g/mol. The van der Waals surface area contributed by atoms with Gasteiger partial charge in [0.05, 0.1) is 18.8 Å². The molecule has 3 N–H and O–H groups in total. The molecule has 0 radical (unpaired) electrons. The molecule has 0 spiro atoms. The summed E-state index contributed by atoms with van der Waals surface area (Å²) in [6, 6.07) is 9.47. The van der Waals surface area contributed by atoms with Crippen LogP contribution in [-0.4, -0.2) is 31.7 Å². The molecule has 1 aliphatic rings. The van der Waals surface area contributed by atoms with Gasteiger partial charge in [0.25, 0.3) is 5.91 Å². The van der Waals surface area contributed by atoms with Crippen molar-refractivity contribution in [3.63, 3.8) is 0 Å². The van der Waals surface area contributed by atoms with E-state index in [0.29, 0.717) is 35.4 Å². The molecule has 0 saturated heterocycles. The zero-order chi connectivity index (χ0) is 18.5. The number of nitrogens with one attached hydrogen (secondary N) is 1. The molecule has 3 rings (SSSR count). The summed E-state index contributed by atoms with van der Waals surface area (Å²) in [4.78, 5) is 24.0. The van der Waals surface area contributed by atoms with Gasteiger partial charge in [-0.3, -0.25) is 4.79 Å². The van der Waals surface area contributed by atoms with Crippen molar-refractivity contribution in [1.29, 1.82) is 0 Å². The number of rotatable bonds is 4. The molecule has 0 aliphatic carbocycles. The third-order valence-electron chi connectivity index (χ3n) is 3.60. The number of carbonyl (C=O) groups excluding carboxylic acids is 2. The van der Waals surface area contributed by atoms with Crippen molar-refractivity contribution in [2.45, 2.75) is 6.42 Å². The summed E-state index contributed by atoms with van der Waals surface area (Å²) in [7, 11) is 0. The molecule has 2 aromatic carbocycles. The van der Waals surface area contributed by atoms with Crippen molar-refractivity contribution in [1.82, 2.24) is 0 Å². The highest BCUT2D eigenvalue weighted by Crippen LogP contribution is 2.32. The van der Waals surface area contributed by atoms with E-state index in [0.717, 1.165) is 6.42 Å². The van der Waals surface area contributed by atoms with Crippen LogP contribution >= 0.6 is 11.6 Å². The van der Waals surface area contributed by atoms with Crippen LogP contribution in [0.5, 0.6) is 11.5 Å². The van der Waals surface area contributed by atoms with E-state index < -0.39 is 18.5 Å². The van der Waals surface area contributed by atoms with E-state index in [4.69, 9.17) is 31.5 Å². The minimum Gasteiger partial charge on any atom is -0.490 e. The number of hydrogen-bond acceptors (Lipinski definition) is 6. The number of halogens is 1. The third-order valence-corrected chi connectivity index (χ3v) is 3.83. The number of fused-ring (bicyclic) bond motifs is 1. The summed E-state index contributed by atoms with van der Waals surface area (Å²) >= 11 is 5.78. The predicted molar refractivity (Wildman–Crippen MR) is 96.8 cm³/mol. The van der Waals surface area contributed by atoms with Gasteiger partial charge in [0, 0.05) is 28.9 Å². The van der Waals surface area contributed by atoms with E-state index in [1.54, 1.807) is 18.2 Å². The Balaban J connectivity index is 1.57. The van der Waals surface area contributed by atoms with E-state index in [-0.39, 0.29) is 11.3 Å². The second-order valence-electron chi connectivity index (χ2n) is 5.57. The van der Waals surface area contributed by atoms with Gasteiger partial charge in [0.2, 0.25) is 0 Å².